The van der Waals surface area contributed by atoms with Crippen molar-refractivity contribution in [3.63, 3.8) is 0 Å². The molecule has 0 saturated carbocycles. The summed E-state index contributed by atoms with van der Waals surface area (Å²) in [5.74, 6) is -0.0219. The van der Waals surface area contributed by atoms with Crippen molar-refractivity contribution in [1.82, 2.24) is 9.88 Å². The van der Waals surface area contributed by atoms with Crippen molar-refractivity contribution in [2.24, 2.45) is 7.05 Å². The molecule has 0 unspecified atom stereocenters. The average Bonchev–Trinajstić information content (AvgIpc) is 2.80. The van der Waals surface area contributed by atoms with Crippen LogP contribution in [0.3, 0.4) is 0 Å². The van der Waals surface area contributed by atoms with Gasteiger partial charge in [0.15, 0.2) is 11.0 Å². The zero-order valence-corrected chi connectivity index (χ0v) is 12.0. The monoisotopic (exact) mass is 276 g/mol. The molecule has 1 amide bonds. The van der Waals surface area contributed by atoms with Crippen molar-refractivity contribution in [2.45, 2.75) is 32.4 Å². The normalized spacial score (nSPS) is 12.6. The lowest BCUT2D eigenvalue weighted by atomic mass is 10.2. The number of aryl methyl sites for hydroxylation is 2. The zero-order chi connectivity index (χ0) is 14.5. The van der Waals surface area contributed by atoms with Crippen LogP contribution in [0.5, 0.6) is 0 Å². The van der Waals surface area contributed by atoms with E-state index in [4.69, 9.17) is 5.11 Å². The van der Waals surface area contributed by atoms with Gasteiger partial charge in [-0.2, -0.15) is 0 Å². The second-order valence-electron chi connectivity index (χ2n) is 5.01. The largest absolute Gasteiger partial charge is 0.394 e. The first-order valence-corrected chi connectivity index (χ1v) is 6.99. The van der Waals surface area contributed by atoms with Gasteiger partial charge < -0.3 is 10.4 Å². The van der Waals surface area contributed by atoms with E-state index in [9.17, 15) is 4.79 Å². The number of carbonyl (C=O) groups excluding carboxylic acids is 1. The minimum absolute atomic E-state index is 0.0103. The van der Waals surface area contributed by atoms with E-state index in [-0.39, 0.29) is 18.6 Å². The van der Waals surface area contributed by atoms with Gasteiger partial charge in [0.2, 0.25) is 12.2 Å². The SMILES string of the molecule is CC[C@@H](CO)NC(=O)CCn1c[n+](C)c2ccccc21. The molecule has 5 heteroatoms. The number of hydrogen-bond acceptors (Lipinski definition) is 2. The summed E-state index contributed by atoms with van der Waals surface area (Å²) in [4.78, 5) is 11.8. The van der Waals surface area contributed by atoms with E-state index in [1.807, 2.05) is 32.4 Å². The van der Waals surface area contributed by atoms with Gasteiger partial charge in [-0.1, -0.05) is 19.1 Å². The number of aromatic nitrogens is 2. The summed E-state index contributed by atoms with van der Waals surface area (Å²) in [7, 11) is 2.00. The van der Waals surface area contributed by atoms with Crippen molar-refractivity contribution >= 4 is 16.9 Å². The summed E-state index contributed by atoms with van der Waals surface area (Å²) in [6, 6.07) is 7.98. The van der Waals surface area contributed by atoms with Gasteiger partial charge in [-0.25, -0.2) is 9.13 Å². The number of nitrogens with zero attached hydrogens (tertiary/aromatic N) is 2. The predicted molar refractivity (Wildman–Crippen MR) is 77.0 cm³/mol. The number of imidazole rings is 1. The van der Waals surface area contributed by atoms with Crippen LogP contribution < -0.4 is 9.88 Å². The molecular formula is C15H22N3O2+. The number of fused-ring (bicyclic) bond motifs is 1. The maximum atomic E-state index is 11.8. The molecule has 0 fully saturated rings. The second kappa shape index (κ2) is 6.52. The molecule has 0 saturated heterocycles. The van der Waals surface area contributed by atoms with Crippen LogP contribution in [0.1, 0.15) is 19.8 Å². The molecule has 108 valence electrons. The van der Waals surface area contributed by atoms with Crippen molar-refractivity contribution in [3.05, 3.63) is 30.6 Å². The fourth-order valence-electron chi connectivity index (χ4n) is 2.32. The molecule has 0 spiro atoms. The van der Waals surface area contributed by atoms with Crippen LogP contribution in [0.2, 0.25) is 0 Å². The van der Waals surface area contributed by atoms with E-state index < -0.39 is 0 Å². The lowest BCUT2D eigenvalue weighted by Crippen LogP contribution is -2.37. The molecular weight excluding hydrogens is 254 g/mol. The summed E-state index contributed by atoms with van der Waals surface area (Å²) in [5.41, 5.74) is 2.27. The summed E-state index contributed by atoms with van der Waals surface area (Å²) in [6.07, 6.45) is 3.15. The molecule has 5 nitrogen and oxygen atoms in total. The Morgan fingerprint density at radius 1 is 1.45 bits per heavy atom. The number of rotatable bonds is 6. The van der Waals surface area contributed by atoms with Crippen molar-refractivity contribution < 1.29 is 14.5 Å². The number of aliphatic hydroxyl groups is 1. The van der Waals surface area contributed by atoms with E-state index in [2.05, 4.69) is 26.6 Å². The Balaban J connectivity index is 2.01. The van der Waals surface area contributed by atoms with Gasteiger partial charge in [0.05, 0.1) is 32.7 Å². The van der Waals surface area contributed by atoms with Crippen LogP contribution in [-0.4, -0.2) is 28.2 Å². The Bertz CT molecular complexity index is 588. The van der Waals surface area contributed by atoms with E-state index >= 15 is 0 Å². The lowest BCUT2D eigenvalue weighted by molar-refractivity contribution is -0.645. The molecule has 0 radical (unpaired) electrons. The zero-order valence-electron chi connectivity index (χ0n) is 12.0. The Kier molecular flexibility index (Phi) is 4.74. The fraction of sp³-hybridized carbons (Fsp3) is 0.467. The van der Waals surface area contributed by atoms with Crippen molar-refractivity contribution in [1.29, 1.82) is 0 Å². The van der Waals surface area contributed by atoms with Crippen LogP contribution >= 0.6 is 0 Å². The highest BCUT2D eigenvalue weighted by Gasteiger charge is 2.14. The summed E-state index contributed by atoms with van der Waals surface area (Å²) >= 11 is 0. The number of nitrogens with one attached hydrogen (secondary N) is 1. The molecule has 2 N–H and O–H groups in total. The van der Waals surface area contributed by atoms with Gasteiger partial charge in [0.1, 0.15) is 0 Å². The molecule has 1 aromatic heterocycles. The molecule has 2 aromatic rings. The Hall–Kier alpha value is -1.88. The van der Waals surface area contributed by atoms with Crippen molar-refractivity contribution in [2.75, 3.05) is 6.61 Å². The Morgan fingerprint density at radius 2 is 2.20 bits per heavy atom. The number of hydrogen-bond donors (Lipinski definition) is 2. The Labute approximate surface area is 118 Å². The summed E-state index contributed by atoms with van der Waals surface area (Å²) in [6.45, 7) is 2.57. The van der Waals surface area contributed by atoms with Gasteiger partial charge in [-0.05, 0) is 18.6 Å². The average molecular weight is 276 g/mol. The molecule has 0 aliphatic carbocycles. The maximum absolute atomic E-state index is 11.8. The number of benzene rings is 1. The van der Waals surface area contributed by atoms with Gasteiger partial charge in [-0.3, -0.25) is 4.79 Å². The van der Waals surface area contributed by atoms with Gasteiger partial charge in [-0.15, -0.1) is 0 Å². The maximum Gasteiger partial charge on any atom is 0.244 e. The topological polar surface area (TPSA) is 58.1 Å². The van der Waals surface area contributed by atoms with Crippen LogP contribution in [-0.2, 0) is 18.4 Å². The van der Waals surface area contributed by atoms with Crippen molar-refractivity contribution in [3.8, 4) is 0 Å². The molecule has 20 heavy (non-hydrogen) atoms. The van der Waals surface area contributed by atoms with E-state index in [1.54, 1.807) is 0 Å². The number of amides is 1. The highest BCUT2D eigenvalue weighted by atomic mass is 16.3. The smallest absolute Gasteiger partial charge is 0.244 e. The molecule has 0 aliphatic rings. The lowest BCUT2D eigenvalue weighted by Gasteiger charge is -2.13. The van der Waals surface area contributed by atoms with Crippen LogP contribution in [0.4, 0.5) is 0 Å². The highest BCUT2D eigenvalue weighted by molar-refractivity contribution is 5.76. The van der Waals surface area contributed by atoms with Crippen LogP contribution in [0.15, 0.2) is 30.6 Å². The summed E-state index contributed by atoms with van der Waals surface area (Å²) in [5, 5.41) is 11.9. The molecule has 1 aromatic carbocycles. The Morgan fingerprint density at radius 3 is 2.90 bits per heavy atom. The molecule has 0 bridgehead atoms. The minimum Gasteiger partial charge on any atom is -0.394 e. The number of aliphatic hydroxyl groups excluding tert-OH is 1. The molecule has 1 atom stereocenters. The molecule has 2 rings (SSSR count). The standard InChI is InChI=1S/C15H21N3O2/c1-3-12(10-19)16-15(20)8-9-18-11-17(2)13-6-4-5-7-14(13)18/h4-7,11-12,19H,3,8-10H2,1-2H3/p+1/t12-/m0/s1. The van der Waals surface area contributed by atoms with Gasteiger partial charge in [0, 0.05) is 0 Å². The van der Waals surface area contributed by atoms with E-state index in [1.165, 1.54) is 0 Å². The predicted octanol–water partition coefficient (Wildman–Crippen LogP) is 0.743. The van der Waals surface area contributed by atoms with Gasteiger partial charge >= 0.3 is 0 Å². The number of carbonyl (C=O) groups is 1. The first-order valence-electron chi connectivity index (χ1n) is 6.99. The fourth-order valence-corrected chi connectivity index (χ4v) is 2.32. The second-order valence-corrected chi connectivity index (χ2v) is 5.01. The third-order valence-corrected chi connectivity index (χ3v) is 3.54. The quantitative estimate of drug-likeness (QED) is 0.765. The number of para-hydroxylation sites is 2. The van der Waals surface area contributed by atoms with Crippen LogP contribution in [0.25, 0.3) is 11.0 Å². The van der Waals surface area contributed by atoms with E-state index in [0.717, 1.165) is 17.5 Å². The summed E-state index contributed by atoms with van der Waals surface area (Å²) < 4.78 is 4.13. The third kappa shape index (κ3) is 3.17. The first-order chi connectivity index (χ1) is 9.65. The highest BCUT2D eigenvalue weighted by Crippen LogP contribution is 2.10. The van der Waals surface area contributed by atoms with E-state index in [0.29, 0.717) is 13.0 Å². The first kappa shape index (κ1) is 14.5. The van der Waals surface area contributed by atoms with Gasteiger partial charge in [0.25, 0.3) is 0 Å². The van der Waals surface area contributed by atoms with Crippen LogP contribution in [0, 0.1) is 0 Å². The molecule has 1 heterocycles. The molecule has 0 aliphatic heterocycles. The third-order valence-electron chi connectivity index (χ3n) is 3.54. The minimum atomic E-state index is -0.139.